The van der Waals surface area contributed by atoms with Gasteiger partial charge in [0, 0.05) is 6.08 Å². The third-order valence-corrected chi connectivity index (χ3v) is 3.27. The minimum absolute atomic E-state index is 0.274. The molecule has 1 aliphatic rings. The first-order valence-corrected chi connectivity index (χ1v) is 6.60. The molecule has 0 heterocycles. The van der Waals surface area contributed by atoms with Crippen molar-refractivity contribution in [2.24, 2.45) is 0 Å². The molecule has 1 aromatic rings. The minimum Gasteiger partial charge on any atom is -0.466 e. The van der Waals surface area contributed by atoms with Gasteiger partial charge in [-0.05, 0) is 43.2 Å². The number of carbonyl (C=O) groups excluding carboxylic acids is 1. The summed E-state index contributed by atoms with van der Waals surface area (Å²) in [5.41, 5.74) is 3.73. The van der Waals surface area contributed by atoms with Crippen LogP contribution in [0.25, 0.3) is 0 Å². The number of carbonyl (C=O) groups is 1. The average Bonchev–Trinajstić information content (AvgIpc) is 2.44. The highest BCUT2D eigenvalue weighted by Gasteiger charge is 2.07. The van der Waals surface area contributed by atoms with E-state index < -0.39 is 0 Å². The van der Waals surface area contributed by atoms with E-state index in [0.717, 1.165) is 31.3 Å². The molecule has 2 nitrogen and oxygen atoms in total. The number of ether oxygens (including phenoxy) is 1. The number of allylic oxidation sites excluding steroid dienone is 3. The van der Waals surface area contributed by atoms with Gasteiger partial charge in [-0.3, -0.25) is 0 Å². The standard InChI is InChI=1S/C17H19O2/c1-19-17(18)13-14-8-4-2-3-5-9-15-10-6-7-11-16(15)12-14/h2,4-7,10-11,13H,3,8-9,12H2,1H3/b4-2-,14-13+. The second-order valence-electron chi connectivity index (χ2n) is 4.68. The number of rotatable bonds is 1. The van der Waals surface area contributed by atoms with Crippen LogP contribution in [0.5, 0.6) is 0 Å². The van der Waals surface area contributed by atoms with Crippen molar-refractivity contribution in [3.8, 4) is 0 Å². The third-order valence-electron chi connectivity index (χ3n) is 3.27. The SMILES string of the molecule is COC(=O)/C=C1\C/C=C\C[CH]Cc2ccccc2C1. The number of methoxy groups -OCH3 is 1. The normalized spacial score (nSPS) is 19.5. The van der Waals surface area contributed by atoms with Gasteiger partial charge in [0.2, 0.25) is 0 Å². The van der Waals surface area contributed by atoms with Crippen molar-refractivity contribution >= 4 is 5.97 Å². The molecule has 0 saturated carbocycles. The highest BCUT2D eigenvalue weighted by molar-refractivity contribution is 5.82. The van der Waals surface area contributed by atoms with Crippen molar-refractivity contribution in [1.29, 1.82) is 0 Å². The smallest absolute Gasteiger partial charge is 0.330 e. The topological polar surface area (TPSA) is 26.3 Å². The number of hydrogen-bond donors (Lipinski definition) is 0. The largest absolute Gasteiger partial charge is 0.466 e. The van der Waals surface area contributed by atoms with Gasteiger partial charge in [-0.15, -0.1) is 0 Å². The second-order valence-corrected chi connectivity index (χ2v) is 4.68. The van der Waals surface area contributed by atoms with Gasteiger partial charge in [0.05, 0.1) is 7.11 Å². The van der Waals surface area contributed by atoms with Gasteiger partial charge in [-0.25, -0.2) is 4.79 Å². The molecule has 0 bridgehead atoms. The van der Waals surface area contributed by atoms with E-state index in [9.17, 15) is 4.79 Å². The van der Waals surface area contributed by atoms with Gasteiger partial charge in [-0.2, -0.15) is 0 Å². The van der Waals surface area contributed by atoms with E-state index in [1.807, 2.05) is 0 Å². The summed E-state index contributed by atoms with van der Waals surface area (Å²) < 4.78 is 4.72. The van der Waals surface area contributed by atoms with Crippen LogP contribution in [0.4, 0.5) is 0 Å². The molecule has 19 heavy (non-hydrogen) atoms. The summed E-state index contributed by atoms with van der Waals surface area (Å²) in [6, 6.07) is 8.42. The van der Waals surface area contributed by atoms with Crippen LogP contribution in [0, 0.1) is 6.42 Å². The van der Waals surface area contributed by atoms with Crippen LogP contribution < -0.4 is 0 Å². The first-order valence-electron chi connectivity index (χ1n) is 6.60. The first-order chi connectivity index (χ1) is 9.29. The summed E-state index contributed by atoms with van der Waals surface area (Å²) in [5.74, 6) is -0.274. The Balaban J connectivity index is 2.27. The van der Waals surface area contributed by atoms with Gasteiger partial charge in [0.25, 0.3) is 0 Å². The molecule has 0 unspecified atom stereocenters. The minimum atomic E-state index is -0.274. The molecule has 1 aromatic carbocycles. The maximum Gasteiger partial charge on any atom is 0.330 e. The van der Waals surface area contributed by atoms with Crippen LogP contribution in [-0.2, 0) is 22.4 Å². The first kappa shape index (κ1) is 13.6. The van der Waals surface area contributed by atoms with E-state index in [1.54, 1.807) is 6.08 Å². The number of hydrogen-bond acceptors (Lipinski definition) is 2. The highest BCUT2D eigenvalue weighted by atomic mass is 16.5. The van der Waals surface area contributed by atoms with Crippen molar-refractivity contribution in [1.82, 2.24) is 0 Å². The Bertz CT molecular complexity index is 498. The van der Waals surface area contributed by atoms with E-state index in [-0.39, 0.29) is 5.97 Å². The summed E-state index contributed by atoms with van der Waals surface area (Å²) in [4.78, 5) is 11.4. The fraction of sp³-hybridized carbons (Fsp3) is 0.294. The highest BCUT2D eigenvalue weighted by Crippen LogP contribution is 2.19. The Kier molecular flexibility index (Phi) is 4.96. The third kappa shape index (κ3) is 4.09. The zero-order valence-corrected chi connectivity index (χ0v) is 11.3. The van der Waals surface area contributed by atoms with Crippen LogP contribution in [0.2, 0.25) is 0 Å². The Labute approximate surface area is 114 Å². The number of esters is 1. The molecule has 1 aliphatic carbocycles. The molecular weight excluding hydrogens is 236 g/mol. The van der Waals surface area contributed by atoms with Crippen LogP contribution in [0.3, 0.4) is 0 Å². The lowest BCUT2D eigenvalue weighted by molar-refractivity contribution is -0.134. The van der Waals surface area contributed by atoms with Crippen LogP contribution >= 0.6 is 0 Å². The predicted molar refractivity (Wildman–Crippen MR) is 76.6 cm³/mol. The Morgan fingerprint density at radius 3 is 2.74 bits per heavy atom. The van der Waals surface area contributed by atoms with E-state index >= 15 is 0 Å². The van der Waals surface area contributed by atoms with Crippen LogP contribution in [0.15, 0.2) is 48.1 Å². The molecule has 1 radical (unpaired) electrons. The van der Waals surface area contributed by atoms with Gasteiger partial charge in [0.1, 0.15) is 0 Å². The lowest BCUT2D eigenvalue weighted by atomic mass is 9.93. The van der Waals surface area contributed by atoms with E-state index in [2.05, 4.69) is 42.8 Å². The lowest BCUT2D eigenvalue weighted by Gasteiger charge is -2.12. The molecule has 99 valence electrons. The number of fused-ring (bicyclic) bond motifs is 1. The quantitative estimate of drug-likeness (QED) is 0.436. The summed E-state index contributed by atoms with van der Waals surface area (Å²) in [6.07, 6.45) is 11.7. The van der Waals surface area contributed by atoms with E-state index in [1.165, 1.54) is 18.2 Å². The Hall–Kier alpha value is -1.83. The molecular formula is C17H19O2. The lowest BCUT2D eigenvalue weighted by Crippen LogP contribution is -2.02. The molecule has 0 amide bonds. The van der Waals surface area contributed by atoms with Crippen LogP contribution in [-0.4, -0.2) is 13.1 Å². The summed E-state index contributed by atoms with van der Waals surface area (Å²) in [5, 5.41) is 0. The van der Waals surface area contributed by atoms with Crippen molar-refractivity contribution in [3.05, 3.63) is 65.6 Å². The second kappa shape index (κ2) is 6.93. The fourth-order valence-electron chi connectivity index (χ4n) is 2.25. The molecule has 0 fully saturated rings. The molecule has 0 N–H and O–H groups in total. The summed E-state index contributed by atoms with van der Waals surface area (Å²) in [6.45, 7) is 0. The van der Waals surface area contributed by atoms with Crippen molar-refractivity contribution < 1.29 is 9.53 Å². The van der Waals surface area contributed by atoms with E-state index in [0.29, 0.717) is 0 Å². The van der Waals surface area contributed by atoms with Crippen LogP contribution in [0.1, 0.15) is 24.0 Å². The van der Waals surface area contributed by atoms with Crippen molar-refractivity contribution in [2.45, 2.75) is 25.7 Å². The van der Waals surface area contributed by atoms with Gasteiger partial charge < -0.3 is 4.74 Å². The molecule has 0 atom stereocenters. The molecule has 0 saturated heterocycles. The zero-order chi connectivity index (χ0) is 13.5. The van der Waals surface area contributed by atoms with Crippen molar-refractivity contribution in [2.75, 3.05) is 7.11 Å². The maximum absolute atomic E-state index is 11.4. The monoisotopic (exact) mass is 255 g/mol. The summed E-state index contributed by atoms with van der Waals surface area (Å²) in [7, 11) is 1.42. The van der Waals surface area contributed by atoms with Gasteiger partial charge in [-0.1, -0.05) is 42.0 Å². The fourth-order valence-corrected chi connectivity index (χ4v) is 2.25. The molecule has 0 aliphatic heterocycles. The molecule has 0 spiro atoms. The summed E-state index contributed by atoms with van der Waals surface area (Å²) >= 11 is 0. The van der Waals surface area contributed by atoms with E-state index in [4.69, 9.17) is 4.74 Å². The number of benzene rings is 1. The molecule has 2 heteroatoms. The molecule has 2 rings (SSSR count). The Morgan fingerprint density at radius 2 is 1.95 bits per heavy atom. The van der Waals surface area contributed by atoms with Gasteiger partial charge in [0.15, 0.2) is 0 Å². The maximum atomic E-state index is 11.4. The predicted octanol–water partition coefficient (Wildman–Crippen LogP) is 3.43. The van der Waals surface area contributed by atoms with Gasteiger partial charge >= 0.3 is 5.97 Å². The Morgan fingerprint density at radius 1 is 1.16 bits per heavy atom. The average molecular weight is 255 g/mol. The zero-order valence-electron chi connectivity index (χ0n) is 11.3. The molecule has 0 aromatic heterocycles. The van der Waals surface area contributed by atoms with Crippen molar-refractivity contribution in [3.63, 3.8) is 0 Å².